The summed E-state index contributed by atoms with van der Waals surface area (Å²) in [7, 11) is 1.70. The zero-order valence-corrected chi connectivity index (χ0v) is 25.7. The van der Waals surface area contributed by atoms with E-state index < -0.39 is 0 Å². The first-order valence-corrected chi connectivity index (χ1v) is 15.7. The van der Waals surface area contributed by atoms with Crippen molar-refractivity contribution in [1.29, 1.82) is 0 Å². The summed E-state index contributed by atoms with van der Waals surface area (Å²) in [5.41, 5.74) is 3.26. The Balaban J connectivity index is 1.45. The van der Waals surface area contributed by atoms with Gasteiger partial charge in [0, 0.05) is 63.1 Å². The lowest BCUT2D eigenvalue weighted by atomic mass is 9.98. The van der Waals surface area contributed by atoms with Crippen LogP contribution in [0.2, 0.25) is 0 Å². The molecule has 0 aromatic heterocycles. The smallest absolute Gasteiger partial charge is 0.253 e. The molecule has 0 aliphatic carbocycles. The Hall–Kier alpha value is -3.30. The highest BCUT2D eigenvalue weighted by Gasteiger charge is 2.24. The van der Waals surface area contributed by atoms with E-state index in [0.29, 0.717) is 17.8 Å². The fourth-order valence-corrected chi connectivity index (χ4v) is 5.79. The Morgan fingerprint density at radius 1 is 0.929 bits per heavy atom. The van der Waals surface area contributed by atoms with Crippen LogP contribution in [0.15, 0.2) is 42.5 Å². The first kappa shape index (κ1) is 31.6. The van der Waals surface area contributed by atoms with Gasteiger partial charge in [0.2, 0.25) is 5.91 Å². The van der Waals surface area contributed by atoms with Gasteiger partial charge in [0.15, 0.2) is 0 Å². The number of anilines is 3. The number of unbranched alkanes of at least 4 members (excludes halogenated alkanes) is 1. The number of piperazine rings is 1. The number of carbonyl (C=O) groups excluding carboxylic acids is 2. The molecule has 2 saturated heterocycles. The average Bonchev–Trinajstić information content (AvgIpc) is 3.04. The molecule has 2 aliphatic heterocycles. The van der Waals surface area contributed by atoms with Gasteiger partial charge in [-0.2, -0.15) is 0 Å². The maximum Gasteiger partial charge on any atom is 0.253 e. The van der Waals surface area contributed by atoms with E-state index in [1.807, 2.05) is 36.4 Å². The maximum absolute atomic E-state index is 13.6. The van der Waals surface area contributed by atoms with Gasteiger partial charge in [-0.15, -0.1) is 0 Å². The normalized spacial score (nSPS) is 16.6. The van der Waals surface area contributed by atoms with Crippen LogP contribution in [0.4, 0.5) is 17.1 Å². The quantitative estimate of drug-likeness (QED) is 0.316. The van der Waals surface area contributed by atoms with Crippen LogP contribution in [-0.2, 0) is 9.53 Å². The van der Waals surface area contributed by atoms with Crippen LogP contribution in [0.5, 0.6) is 5.75 Å². The minimum Gasteiger partial charge on any atom is -0.495 e. The molecule has 2 N–H and O–H groups in total. The number of carbonyl (C=O) groups is 2. The van der Waals surface area contributed by atoms with Crippen molar-refractivity contribution in [3.63, 3.8) is 0 Å². The Morgan fingerprint density at radius 2 is 1.64 bits per heavy atom. The molecule has 0 bridgehead atoms. The molecule has 1 unspecified atom stereocenters. The van der Waals surface area contributed by atoms with E-state index in [1.165, 1.54) is 0 Å². The summed E-state index contributed by atoms with van der Waals surface area (Å²) in [6, 6.07) is 13.9. The number of amides is 2. The second-order valence-corrected chi connectivity index (χ2v) is 11.2. The number of nitrogens with zero attached hydrogens (tertiary/aromatic N) is 3. The third-order valence-electron chi connectivity index (χ3n) is 8.37. The van der Waals surface area contributed by atoms with Crippen molar-refractivity contribution in [3.05, 3.63) is 48.0 Å². The zero-order valence-electron chi connectivity index (χ0n) is 25.7. The molecule has 4 rings (SSSR count). The van der Waals surface area contributed by atoms with E-state index in [0.717, 1.165) is 108 Å². The summed E-state index contributed by atoms with van der Waals surface area (Å²) < 4.78 is 11.0. The molecule has 2 aliphatic rings. The maximum atomic E-state index is 13.6. The predicted octanol–water partition coefficient (Wildman–Crippen LogP) is 4.63. The van der Waals surface area contributed by atoms with Crippen molar-refractivity contribution in [2.75, 3.05) is 87.8 Å². The van der Waals surface area contributed by atoms with Crippen LogP contribution in [0.3, 0.4) is 0 Å². The molecular formula is C33H49N5O4. The van der Waals surface area contributed by atoms with Gasteiger partial charge in [0.1, 0.15) is 5.75 Å². The van der Waals surface area contributed by atoms with E-state index in [4.69, 9.17) is 9.47 Å². The molecular weight excluding hydrogens is 530 g/mol. The lowest BCUT2D eigenvalue weighted by molar-refractivity contribution is -0.120. The molecule has 2 heterocycles. The van der Waals surface area contributed by atoms with Gasteiger partial charge in [0.25, 0.3) is 5.91 Å². The highest BCUT2D eigenvalue weighted by atomic mass is 16.5. The zero-order chi connectivity index (χ0) is 29.7. The summed E-state index contributed by atoms with van der Waals surface area (Å²) in [6.45, 7) is 12.3. The fourth-order valence-electron chi connectivity index (χ4n) is 5.79. The van der Waals surface area contributed by atoms with E-state index in [-0.39, 0.29) is 17.7 Å². The SMILES string of the molecule is CCCCC(CC)C(=O)Nc1ccc(N2CCN(c3ccccc3OC)CC2)c(C(=O)NCCCN2CCOCC2)c1. The first-order valence-electron chi connectivity index (χ1n) is 15.7. The molecule has 9 heteroatoms. The van der Waals surface area contributed by atoms with Crippen LogP contribution in [0, 0.1) is 5.92 Å². The van der Waals surface area contributed by atoms with E-state index in [2.05, 4.69) is 45.2 Å². The molecule has 1 atom stereocenters. The summed E-state index contributed by atoms with van der Waals surface area (Å²) in [4.78, 5) is 33.6. The lowest BCUT2D eigenvalue weighted by Crippen LogP contribution is -2.47. The highest BCUT2D eigenvalue weighted by Crippen LogP contribution is 2.31. The topological polar surface area (TPSA) is 86.4 Å². The Morgan fingerprint density at radius 3 is 2.33 bits per heavy atom. The van der Waals surface area contributed by atoms with Gasteiger partial charge in [-0.3, -0.25) is 14.5 Å². The second-order valence-electron chi connectivity index (χ2n) is 11.2. The molecule has 9 nitrogen and oxygen atoms in total. The van der Waals surface area contributed by atoms with Crippen molar-refractivity contribution in [3.8, 4) is 5.75 Å². The number of rotatable bonds is 14. The van der Waals surface area contributed by atoms with Crippen molar-refractivity contribution in [2.45, 2.75) is 46.0 Å². The molecule has 42 heavy (non-hydrogen) atoms. The van der Waals surface area contributed by atoms with Gasteiger partial charge in [-0.1, -0.05) is 38.8 Å². The number of nitrogens with one attached hydrogen (secondary N) is 2. The molecule has 0 saturated carbocycles. The summed E-state index contributed by atoms with van der Waals surface area (Å²) in [6.07, 6.45) is 4.66. The summed E-state index contributed by atoms with van der Waals surface area (Å²) in [5, 5.41) is 6.25. The van der Waals surface area contributed by atoms with Crippen molar-refractivity contribution >= 4 is 28.9 Å². The fraction of sp³-hybridized carbons (Fsp3) is 0.576. The lowest BCUT2D eigenvalue weighted by Gasteiger charge is -2.38. The van der Waals surface area contributed by atoms with E-state index in [9.17, 15) is 9.59 Å². The number of hydrogen-bond donors (Lipinski definition) is 2. The minimum absolute atomic E-state index is 0.0230. The van der Waals surface area contributed by atoms with Crippen LogP contribution < -0.4 is 25.2 Å². The van der Waals surface area contributed by atoms with Crippen molar-refractivity contribution < 1.29 is 19.1 Å². The second kappa shape index (κ2) is 16.4. The number of para-hydroxylation sites is 2. The number of ether oxygens (including phenoxy) is 2. The summed E-state index contributed by atoms with van der Waals surface area (Å²) in [5.74, 6) is 0.770. The number of benzene rings is 2. The predicted molar refractivity (Wildman–Crippen MR) is 170 cm³/mol. The van der Waals surface area contributed by atoms with Crippen LogP contribution in [0.25, 0.3) is 0 Å². The third kappa shape index (κ3) is 8.61. The van der Waals surface area contributed by atoms with E-state index >= 15 is 0 Å². The average molecular weight is 580 g/mol. The third-order valence-corrected chi connectivity index (χ3v) is 8.37. The largest absolute Gasteiger partial charge is 0.495 e. The van der Waals surface area contributed by atoms with Crippen molar-refractivity contribution in [2.24, 2.45) is 5.92 Å². The molecule has 2 aromatic carbocycles. The van der Waals surface area contributed by atoms with Gasteiger partial charge < -0.3 is 29.9 Å². The van der Waals surface area contributed by atoms with Gasteiger partial charge in [-0.05, 0) is 56.1 Å². The highest BCUT2D eigenvalue weighted by molar-refractivity contribution is 6.02. The molecule has 0 radical (unpaired) electrons. The van der Waals surface area contributed by atoms with Gasteiger partial charge >= 0.3 is 0 Å². The Kier molecular flexibility index (Phi) is 12.3. The number of methoxy groups -OCH3 is 1. The summed E-state index contributed by atoms with van der Waals surface area (Å²) >= 11 is 0. The molecule has 0 spiro atoms. The minimum atomic E-state index is -0.103. The number of morpholine rings is 1. The van der Waals surface area contributed by atoms with Crippen LogP contribution >= 0.6 is 0 Å². The molecule has 2 amide bonds. The van der Waals surface area contributed by atoms with Crippen LogP contribution in [-0.4, -0.2) is 89.4 Å². The van der Waals surface area contributed by atoms with Crippen LogP contribution in [0.1, 0.15) is 56.3 Å². The Bertz CT molecular complexity index is 1150. The monoisotopic (exact) mass is 579 g/mol. The van der Waals surface area contributed by atoms with Gasteiger partial charge in [-0.25, -0.2) is 0 Å². The molecule has 2 aromatic rings. The number of hydrogen-bond acceptors (Lipinski definition) is 7. The Labute approximate surface area is 251 Å². The standard InChI is InChI=1S/C33H49N5O4/c1-4-6-10-26(5-2)32(39)35-27-13-14-29(28(25-27)33(40)34-15-9-16-36-21-23-42-24-22-36)37-17-19-38(20-18-37)30-11-7-8-12-31(30)41-3/h7-8,11-14,25-26H,4-6,9-10,15-24H2,1-3H3,(H,34,40)(H,35,39). The van der Waals surface area contributed by atoms with Gasteiger partial charge in [0.05, 0.1) is 31.6 Å². The molecule has 2 fully saturated rings. The van der Waals surface area contributed by atoms with Crippen molar-refractivity contribution in [1.82, 2.24) is 10.2 Å². The van der Waals surface area contributed by atoms with E-state index in [1.54, 1.807) is 7.11 Å². The first-order chi connectivity index (χ1) is 20.5. The molecule has 230 valence electrons.